The number of aryl methyl sites for hydroxylation is 1. The third-order valence-corrected chi connectivity index (χ3v) is 5.99. The molecule has 0 spiro atoms. The van der Waals surface area contributed by atoms with E-state index in [1.807, 2.05) is 0 Å². The van der Waals surface area contributed by atoms with E-state index in [9.17, 15) is 9.59 Å². The molecule has 0 saturated heterocycles. The third kappa shape index (κ3) is 3.15. The number of hydrogen-bond acceptors (Lipinski definition) is 4. The number of amides is 2. The van der Waals surface area contributed by atoms with Crippen molar-refractivity contribution in [2.24, 2.45) is 0 Å². The number of aromatic nitrogens is 2. The predicted octanol–water partition coefficient (Wildman–Crippen LogP) is 3.14. The molecule has 1 atom stereocenters. The molecular weight excluding hydrogens is 356 g/mol. The molecule has 0 bridgehead atoms. The normalized spacial score (nSPS) is 21.4. The molecule has 2 heterocycles. The molecule has 0 radical (unpaired) electrons. The van der Waals surface area contributed by atoms with Gasteiger partial charge >= 0.3 is 0 Å². The Morgan fingerprint density at radius 3 is 2.93 bits per heavy atom. The monoisotopic (exact) mass is 380 g/mol. The summed E-state index contributed by atoms with van der Waals surface area (Å²) >= 11 is 0. The van der Waals surface area contributed by atoms with Crippen molar-refractivity contribution in [1.82, 2.24) is 15.1 Å². The van der Waals surface area contributed by atoms with Gasteiger partial charge in [0.2, 0.25) is 0 Å². The molecule has 28 heavy (non-hydrogen) atoms. The minimum Gasteiger partial charge on any atom is -0.482 e. The molecule has 0 unspecified atom stereocenters. The van der Waals surface area contributed by atoms with Crippen LogP contribution >= 0.6 is 0 Å². The second-order valence-corrected chi connectivity index (χ2v) is 7.92. The van der Waals surface area contributed by atoms with Crippen molar-refractivity contribution in [1.29, 1.82) is 0 Å². The largest absolute Gasteiger partial charge is 0.482 e. The molecule has 7 heteroatoms. The minimum absolute atomic E-state index is 0.0251. The van der Waals surface area contributed by atoms with Crippen LogP contribution in [0.25, 0.3) is 0 Å². The fraction of sp³-hybridized carbons (Fsp3) is 0.476. The van der Waals surface area contributed by atoms with E-state index in [1.165, 1.54) is 31.2 Å². The maximum Gasteiger partial charge on any atom is 0.262 e. The van der Waals surface area contributed by atoms with Gasteiger partial charge in [-0.25, -0.2) is 0 Å². The van der Waals surface area contributed by atoms with Gasteiger partial charge in [0, 0.05) is 11.8 Å². The highest BCUT2D eigenvalue weighted by Crippen LogP contribution is 2.34. The van der Waals surface area contributed by atoms with E-state index >= 15 is 0 Å². The van der Waals surface area contributed by atoms with Crippen LogP contribution in [-0.4, -0.2) is 28.2 Å². The topological polar surface area (TPSA) is 85.2 Å². The molecule has 2 amide bonds. The summed E-state index contributed by atoms with van der Waals surface area (Å²) in [6.07, 6.45) is 10.1. The fourth-order valence-corrected chi connectivity index (χ4v) is 4.52. The average molecular weight is 380 g/mol. The van der Waals surface area contributed by atoms with E-state index in [1.54, 1.807) is 18.2 Å². The number of fused-ring (bicyclic) bond motifs is 2. The number of hydrogen-bond donors (Lipinski definition) is 2. The zero-order valence-corrected chi connectivity index (χ0v) is 15.7. The van der Waals surface area contributed by atoms with Crippen molar-refractivity contribution < 1.29 is 14.3 Å². The van der Waals surface area contributed by atoms with Crippen LogP contribution in [0.4, 0.5) is 5.69 Å². The van der Waals surface area contributed by atoms with Crippen LogP contribution in [-0.2, 0) is 11.2 Å². The summed E-state index contributed by atoms with van der Waals surface area (Å²) in [5.41, 5.74) is 3.41. The van der Waals surface area contributed by atoms with Gasteiger partial charge in [-0.15, -0.1) is 0 Å². The van der Waals surface area contributed by atoms with Gasteiger partial charge in [0.25, 0.3) is 11.8 Å². The molecule has 1 aromatic carbocycles. The zero-order valence-electron chi connectivity index (χ0n) is 15.7. The quantitative estimate of drug-likeness (QED) is 0.857. The lowest BCUT2D eigenvalue weighted by molar-refractivity contribution is -0.118. The van der Waals surface area contributed by atoms with Gasteiger partial charge in [-0.3, -0.25) is 14.3 Å². The van der Waals surface area contributed by atoms with Crippen LogP contribution in [0.3, 0.4) is 0 Å². The van der Waals surface area contributed by atoms with Crippen LogP contribution in [0, 0.1) is 0 Å². The summed E-state index contributed by atoms with van der Waals surface area (Å²) in [6, 6.07) is 5.56. The first-order valence-electron chi connectivity index (χ1n) is 10.1. The van der Waals surface area contributed by atoms with Gasteiger partial charge in [0.05, 0.1) is 23.5 Å². The zero-order chi connectivity index (χ0) is 19.1. The van der Waals surface area contributed by atoms with Crippen LogP contribution in [0.15, 0.2) is 24.4 Å². The van der Waals surface area contributed by atoms with Crippen molar-refractivity contribution in [2.45, 2.75) is 57.0 Å². The van der Waals surface area contributed by atoms with E-state index in [-0.39, 0.29) is 24.5 Å². The molecule has 5 rings (SSSR count). The van der Waals surface area contributed by atoms with Crippen LogP contribution in [0.1, 0.15) is 72.2 Å². The standard InChI is InChI=1S/C21H24N4O3/c26-19-12-28-18-10-13(8-9-16(18)22-19)21(27)23-17-7-3-4-14-11-25(24-20(14)17)15-5-1-2-6-15/h8-11,15,17H,1-7,12H2,(H,22,26)(H,23,27)/t17-/m0/s1. The van der Waals surface area contributed by atoms with Crippen molar-refractivity contribution in [2.75, 3.05) is 11.9 Å². The maximum atomic E-state index is 12.8. The second-order valence-electron chi connectivity index (χ2n) is 7.92. The number of benzene rings is 1. The number of nitrogens with zero attached hydrogens (tertiary/aromatic N) is 2. The SMILES string of the molecule is O=C1COc2cc(C(=O)N[C@H]3CCCc4cn(C5CCCC5)nc43)ccc2N1. The Morgan fingerprint density at radius 1 is 1.21 bits per heavy atom. The highest BCUT2D eigenvalue weighted by molar-refractivity contribution is 5.99. The maximum absolute atomic E-state index is 12.8. The average Bonchev–Trinajstić information content (AvgIpc) is 3.37. The number of carbonyl (C=O) groups is 2. The van der Waals surface area contributed by atoms with Gasteiger partial charge in [0.1, 0.15) is 5.75 Å². The summed E-state index contributed by atoms with van der Waals surface area (Å²) in [5, 5.41) is 10.8. The van der Waals surface area contributed by atoms with Crippen LogP contribution < -0.4 is 15.4 Å². The van der Waals surface area contributed by atoms with E-state index in [4.69, 9.17) is 9.84 Å². The summed E-state index contributed by atoms with van der Waals surface area (Å²) in [5.74, 6) is 0.205. The highest BCUT2D eigenvalue weighted by atomic mass is 16.5. The minimum atomic E-state index is -0.183. The van der Waals surface area contributed by atoms with Crippen molar-refractivity contribution in [3.63, 3.8) is 0 Å². The molecule has 1 aliphatic heterocycles. The number of anilines is 1. The molecule has 1 saturated carbocycles. The number of nitrogens with one attached hydrogen (secondary N) is 2. The molecule has 2 aromatic rings. The Kier molecular flexibility index (Phi) is 4.30. The van der Waals surface area contributed by atoms with E-state index in [0.717, 1.165) is 25.0 Å². The molecule has 1 fully saturated rings. The lowest BCUT2D eigenvalue weighted by Gasteiger charge is -2.23. The summed E-state index contributed by atoms with van der Waals surface area (Å²) in [4.78, 5) is 24.2. The predicted molar refractivity (Wildman–Crippen MR) is 103 cm³/mol. The van der Waals surface area contributed by atoms with E-state index in [2.05, 4.69) is 21.5 Å². The first-order chi connectivity index (χ1) is 13.7. The first kappa shape index (κ1) is 17.3. The first-order valence-corrected chi connectivity index (χ1v) is 10.1. The molecule has 146 valence electrons. The smallest absolute Gasteiger partial charge is 0.262 e. The Hall–Kier alpha value is -2.83. The summed E-state index contributed by atoms with van der Waals surface area (Å²) < 4.78 is 7.56. The van der Waals surface area contributed by atoms with Crippen molar-refractivity contribution in [3.8, 4) is 5.75 Å². The fourth-order valence-electron chi connectivity index (χ4n) is 4.52. The van der Waals surface area contributed by atoms with Gasteiger partial charge in [-0.05, 0) is 55.9 Å². The van der Waals surface area contributed by atoms with Gasteiger partial charge in [-0.1, -0.05) is 12.8 Å². The van der Waals surface area contributed by atoms with E-state index in [0.29, 0.717) is 23.0 Å². The second kappa shape index (κ2) is 6.96. The van der Waals surface area contributed by atoms with Gasteiger partial charge in [-0.2, -0.15) is 5.10 Å². The van der Waals surface area contributed by atoms with Gasteiger partial charge < -0.3 is 15.4 Å². The highest BCUT2D eigenvalue weighted by Gasteiger charge is 2.28. The molecule has 1 aromatic heterocycles. The number of ether oxygens (including phenoxy) is 1. The molecule has 3 aliphatic rings. The summed E-state index contributed by atoms with van der Waals surface area (Å²) in [7, 11) is 0. The Bertz CT molecular complexity index is 930. The van der Waals surface area contributed by atoms with E-state index < -0.39 is 0 Å². The number of carbonyl (C=O) groups excluding carboxylic acids is 2. The molecule has 7 nitrogen and oxygen atoms in total. The Morgan fingerprint density at radius 2 is 2.07 bits per heavy atom. The Balaban J connectivity index is 1.34. The molecular formula is C21H24N4O3. The summed E-state index contributed by atoms with van der Waals surface area (Å²) in [6.45, 7) is -0.0251. The van der Waals surface area contributed by atoms with Crippen LogP contribution in [0.5, 0.6) is 5.75 Å². The lowest BCUT2D eigenvalue weighted by Crippen LogP contribution is -2.31. The Labute approximate surface area is 163 Å². The van der Waals surface area contributed by atoms with Crippen LogP contribution in [0.2, 0.25) is 0 Å². The van der Waals surface area contributed by atoms with Gasteiger partial charge in [0.15, 0.2) is 6.61 Å². The molecule has 2 N–H and O–H groups in total. The molecule has 2 aliphatic carbocycles. The lowest BCUT2D eigenvalue weighted by atomic mass is 9.93. The number of rotatable bonds is 3. The van der Waals surface area contributed by atoms with Crippen molar-refractivity contribution in [3.05, 3.63) is 41.2 Å². The third-order valence-electron chi connectivity index (χ3n) is 5.99. The van der Waals surface area contributed by atoms with Crippen molar-refractivity contribution >= 4 is 17.5 Å².